The molecule has 0 spiro atoms. The van der Waals surface area contributed by atoms with Crippen LogP contribution in [0.25, 0.3) is 10.9 Å². The van der Waals surface area contributed by atoms with Crippen LogP contribution in [0.3, 0.4) is 0 Å². The molecule has 2 heterocycles. The number of amides is 1. The molecule has 0 saturated carbocycles. The number of aliphatic imine (C=N–C) groups is 1. The van der Waals surface area contributed by atoms with Crippen molar-refractivity contribution >= 4 is 22.8 Å². The summed E-state index contributed by atoms with van der Waals surface area (Å²) in [4.78, 5) is 25.4. The van der Waals surface area contributed by atoms with Gasteiger partial charge in [-0.05, 0) is 32.3 Å². The summed E-state index contributed by atoms with van der Waals surface area (Å²) in [5.74, 6) is 0.987. The number of nitrogens with zero attached hydrogens (tertiary/aromatic N) is 3. The molecule has 3 aromatic rings. The Morgan fingerprint density at radius 3 is 2.89 bits per heavy atom. The number of aromatic nitrogens is 2. The molecule has 0 aliphatic carbocycles. The number of guanidine groups is 1. The molecular weight excluding hydrogens is 344 g/mol. The molecule has 3 rings (SSSR count). The molecule has 0 aliphatic rings. The lowest BCUT2D eigenvalue weighted by molar-refractivity contribution is 0.0972. The van der Waals surface area contributed by atoms with Crippen molar-refractivity contribution < 1.29 is 9.53 Å². The summed E-state index contributed by atoms with van der Waals surface area (Å²) in [7, 11) is 5.47. The number of carbonyl (C=O) groups excluding carboxylic acids is 1. The van der Waals surface area contributed by atoms with Crippen LogP contribution in [0.2, 0.25) is 0 Å². The number of nitrogens with one attached hydrogen (secondary N) is 2. The van der Waals surface area contributed by atoms with Gasteiger partial charge in [-0.1, -0.05) is 12.1 Å². The molecule has 0 aliphatic heterocycles. The predicted octanol–water partition coefficient (Wildman–Crippen LogP) is 2.09. The number of fused-ring (bicyclic) bond motifs is 1. The molecule has 0 fully saturated rings. The van der Waals surface area contributed by atoms with E-state index < -0.39 is 0 Å². The average molecular weight is 366 g/mol. The fraction of sp³-hybridized carbons (Fsp3) is 0.211. The topological polar surface area (TPSA) is 109 Å². The number of ether oxygens (including phenoxy) is 1. The Labute approximate surface area is 157 Å². The fourth-order valence-corrected chi connectivity index (χ4v) is 2.63. The van der Waals surface area contributed by atoms with E-state index in [4.69, 9.17) is 10.5 Å². The van der Waals surface area contributed by atoms with E-state index in [0.29, 0.717) is 23.7 Å². The first-order valence-electron chi connectivity index (χ1n) is 8.39. The maximum atomic E-state index is 12.2. The van der Waals surface area contributed by atoms with Crippen molar-refractivity contribution in [1.29, 1.82) is 0 Å². The quantitative estimate of drug-likeness (QED) is 0.473. The van der Waals surface area contributed by atoms with Gasteiger partial charge in [0.15, 0.2) is 11.7 Å². The Kier molecular flexibility index (Phi) is 5.37. The van der Waals surface area contributed by atoms with Gasteiger partial charge in [0, 0.05) is 31.2 Å². The number of aromatic amines is 1. The first-order valence-corrected chi connectivity index (χ1v) is 8.39. The summed E-state index contributed by atoms with van der Waals surface area (Å²) >= 11 is 0. The molecule has 27 heavy (non-hydrogen) atoms. The maximum Gasteiger partial charge on any atom is 0.274 e. The summed E-state index contributed by atoms with van der Waals surface area (Å²) in [6, 6.07) is 11.0. The number of benzene rings is 1. The van der Waals surface area contributed by atoms with Crippen molar-refractivity contribution in [2.75, 3.05) is 21.1 Å². The molecule has 140 valence electrons. The smallest absolute Gasteiger partial charge is 0.274 e. The van der Waals surface area contributed by atoms with Crippen LogP contribution in [0.15, 0.2) is 47.6 Å². The summed E-state index contributed by atoms with van der Waals surface area (Å²) in [6.07, 6.45) is 1.72. The van der Waals surface area contributed by atoms with Crippen LogP contribution in [0.1, 0.15) is 16.2 Å². The highest BCUT2D eigenvalue weighted by Crippen LogP contribution is 2.30. The standard InChI is InChI=1S/C19H22N6O2/c1-21-19(20)24-18(26)15-9-12-5-4-6-16(17(12)23-15)27-14-7-8-22-13(10-14)11-25(2)3/h4-10,23H,11H2,1-3H3,(H3,20,21,24,26). The van der Waals surface area contributed by atoms with Crippen LogP contribution in [0.5, 0.6) is 11.5 Å². The van der Waals surface area contributed by atoms with Gasteiger partial charge in [-0.3, -0.25) is 20.1 Å². The van der Waals surface area contributed by atoms with E-state index in [1.54, 1.807) is 18.3 Å². The van der Waals surface area contributed by atoms with Crippen molar-refractivity contribution in [3.8, 4) is 11.5 Å². The third-order valence-corrected chi connectivity index (χ3v) is 3.84. The summed E-state index contributed by atoms with van der Waals surface area (Å²) in [5.41, 5.74) is 7.56. The summed E-state index contributed by atoms with van der Waals surface area (Å²) in [5, 5.41) is 3.36. The zero-order chi connectivity index (χ0) is 19.4. The monoisotopic (exact) mass is 366 g/mol. The molecule has 8 heteroatoms. The van der Waals surface area contributed by atoms with Crippen LogP contribution in [0, 0.1) is 0 Å². The van der Waals surface area contributed by atoms with Gasteiger partial charge in [0.25, 0.3) is 5.91 Å². The van der Waals surface area contributed by atoms with Crippen molar-refractivity contribution in [1.82, 2.24) is 20.2 Å². The van der Waals surface area contributed by atoms with Crippen LogP contribution in [-0.2, 0) is 6.54 Å². The molecule has 0 atom stereocenters. The number of rotatable bonds is 5. The summed E-state index contributed by atoms with van der Waals surface area (Å²) in [6.45, 7) is 0.717. The highest BCUT2D eigenvalue weighted by molar-refractivity contribution is 6.07. The molecule has 0 saturated heterocycles. The van der Waals surface area contributed by atoms with E-state index in [1.165, 1.54) is 7.05 Å². The number of hydrogen-bond acceptors (Lipinski definition) is 5. The molecule has 2 aromatic heterocycles. The van der Waals surface area contributed by atoms with E-state index in [-0.39, 0.29) is 11.9 Å². The van der Waals surface area contributed by atoms with E-state index in [1.807, 2.05) is 43.3 Å². The minimum atomic E-state index is -0.363. The lowest BCUT2D eigenvalue weighted by Crippen LogP contribution is -2.36. The van der Waals surface area contributed by atoms with Crippen molar-refractivity contribution in [2.45, 2.75) is 6.54 Å². The second-order valence-corrected chi connectivity index (χ2v) is 6.29. The van der Waals surface area contributed by atoms with Gasteiger partial charge >= 0.3 is 0 Å². The van der Waals surface area contributed by atoms with Gasteiger partial charge in [-0.2, -0.15) is 0 Å². The Morgan fingerprint density at radius 1 is 1.33 bits per heavy atom. The molecule has 8 nitrogen and oxygen atoms in total. The van der Waals surface area contributed by atoms with E-state index in [2.05, 4.69) is 20.3 Å². The first kappa shape index (κ1) is 18.4. The molecule has 1 aromatic carbocycles. The SMILES string of the molecule is CN=C(N)NC(=O)c1cc2cccc(Oc3ccnc(CN(C)C)c3)c2[nH]1. The predicted molar refractivity (Wildman–Crippen MR) is 105 cm³/mol. The van der Waals surface area contributed by atoms with Crippen LogP contribution in [-0.4, -0.2) is 47.9 Å². The maximum absolute atomic E-state index is 12.2. The molecule has 1 amide bonds. The average Bonchev–Trinajstić information content (AvgIpc) is 3.07. The van der Waals surface area contributed by atoms with E-state index in [9.17, 15) is 4.79 Å². The summed E-state index contributed by atoms with van der Waals surface area (Å²) < 4.78 is 6.04. The van der Waals surface area contributed by atoms with Crippen LogP contribution >= 0.6 is 0 Å². The Balaban J connectivity index is 1.88. The molecule has 0 radical (unpaired) electrons. The van der Waals surface area contributed by atoms with Gasteiger partial charge in [0.05, 0.1) is 11.2 Å². The van der Waals surface area contributed by atoms with Gasteiger partial charge in [-0.25, -0.2) is 0 Å². The minimum absolute atomic E-state index is 0.0559. The second kappa shape index (κ2) is 7.88. The number of nitrogens with two attached hydrogens (primary N) is 1. The Bertz CT molecular complexity index is 993. The van der Waals surface area contributed by atoms with E-state index >= 15 is 0 Å². The van der Waals surface area contributed by atoms with Crippen molar-refractivity contribution in [2.24, 2.45) is 10.7 Å². The molecule has 0 bridgehead atoms. The lowest BCUT2D eigenvalue weighted by Gasteiger charge is -2.11. The zero-order valence-corrected chi connectivity index (χ0v) is 15.5. The largest absolute Gasteiger partial charge is 0.455 e. The number of para-hydroxylation sites is 1. The van der Waals surface area contributed by atoms with Gasteiger partial charge in [0.1, 0.15) is 11.4 Å². The highest BCUT2D eigenvalue weighted by Gasteiger charge is 2.13. The number of pyridine rings is 1. The Morgan fingerprint density at radius 2 is 2.15 bits per heavy atom. The second-order valence-electron chi connectivity index (χ2n) is 6.29. The van der Waals surface area contributed by atoms with Crippen molar-refractivity contribution in [3.63, 3.8) is 0 Å². The van der Waals surface area contributed by atoms with Crippen LogP contribution in [0.4, 0.5) is 0 Å². The third kappa shape index (κ3) is 4.42. The molecular formula is C19H22N6O2. The van der Waals surface area contributed by atoms with Crippen molar-refractivity contribution in [3.05, 3.63) is 54.0 Å². The molecule has 4 N–H and O–H groups in total. The number of H-pyrrole nitrogens is 1. The first-order chi connectivity index (χ1) is 13.0. The van der Waals surface area contributed by atoms with Gasteiger partial charge < -0.3 is 20.4 Å². The zero-order valence-electron chi connectivity index (χ0n) is 15.5. The van der Waals surface area contributed by atoms with Gasteiger partial charge in [-0.15, -0.1) is 0 Å². The fourth-order valence-electron chi connectivity index (χ4n) is 2.63. The highest BCUT2D eigenvalue weighted by atomic mass is 16.5. The van der Waals surface area contributed by atoms with Gasteiger partial charge in [0.2, 0.25) is 0 Å². The van der Waals surface area contributed by atoms with E-state index in [0.717, 1.165) is 16.6 Å². The van der Waals surface area contributed by atoms with Crippen LogP contribution < -0.4 is 15.8 Å². The normalized spacial score (nSPS) is 11.8. The minimum Gasteiger partial charge on any atom is -0.455 e. The molecule has 0 unspecified atom stereocenters. The lowest BCUT2D eigenvalue weighted by atomic mass is 10.2. The third-order valence-electron chi connectivity index (χ3n) is 3.84. The Hall–Kier alpha value is -3.39. The number of hydrogen-bond donors (Lipinski definition) is 3. The number of carbonyl (C=O) groups is 1.